The molecule has 1 aliphatic heterocycles. The van der Waals surface area contributed by atoms with E-state index in [9.17, 15) is 4.79 Å². The highest BCUT2D eigenvalue weighted by Gasteiger charge is 2.24. The Balaban J connectivity index is 1.40. The van der Waals surface area contributed by atoms with Crippen molar-refractivity contribution in [2.45, 2.75) is 51.5 Å². The number of rotatable bonds is 4. The van der Waals surface area contributed by atoms with Crippen molar-refractivity contribution >= 4 is 17.5 Å². The SMILES string of the molecule is Cc1nc(NC2CCCCCC2)cc(C(=O)N2CCN(c3ccccn3)CC2)n1. The second-order valence-corrected chi connectivity index (χ2v) is 7.99. The van der Waals surface area contributed by atoms with Crippen LogP contribution in [0.5, 0.6) is 0 Å². The van der Waals surface area contributed by atoms with Crippen molar-refractivity contribution < 1.29 is 4.79 Å². The van der Waals surface area contributed by atoms with Crippen molar-refractivity contribution in [2.24, 2.45) is 0 Å². The third-order valence-electron chi connectivity index (χ3n) is 5.80. The fourth-order valence-corrected chi connectivity index (χ4v) is 4.23. The lowest BCUT2D eigenvalue weighted by Gasteiger charge is -2.35. The minimum Gasteiger partial charge on any atom is -0.367 e. The van der Waals surface area contributed by atoms with Crippen LogP contribution >= 0.6 is 0 Å². The molecule has 7 heteroatoms. The first-order valence-corrected chi connectivity index (χ1v) is 10.8. The van der Waals surface area contributed by atoms with E-state index in [1.807, 2.05) is 36.1 Å². The molecule has 2 fully saturated rings. The van der Waals surface area contributed by atoms with Crippen molar-refractivity contribution in [3.8, 4) is 0 Å². The van der Waals surface area contributed by atoms with Crippen LogP contribution in [0.1, 0.15) is 54.8 Å². The Morgan fingerprint density at radius 2 is 1.79 bits per heavy atom. The standard InChI is InChI=1S/C22H30N6O/c1-17-24-19(16-20(25-17)26-18-8-4-2-3-5-9-18)22(29)28-14-12-27(13-15-28)21-10-6-7-11-23-21/h6-7,10-11,16,18H,2-5,8-9,12-15H2,1H3,(H,24,25,26). The van der Waals surface area contributed by atoms with E-state index >= 15 is 0 Å². The second-order valence-electron chi connectivity index (χ2n) is 7.99. The molecule has 4 rings (SSSR count). The van der Waals surface area contributed by atoms with Crippen molar-refractivity contribution in [1.29, 1.82) is 0 Å². The number of nitrogens with one attached hydrogen (secondary N) is 1. The number of anilines is 2. The molecular formula is C22H30N6O. The van der Waals surface area contributed by atoms with Gasteiger partial charge in [0.05, 0.1) is 0 Å². The Morgan fingerprint density at radius 1 is 1.03 bits per heavy atom. The molecule has 2 aromatic rings. The van der Waals surface area contributed by atoms with Gasteiger partial charge < -0.3 is 15.1 Å². The summed E-state index contributed by atoms with van der Waals surface area (Å²) in [7, 11) is 0. The second kappa shape index (κ2) is 9.20. The number of aromatic nitrogens is 3. The lowest BCUT2D eigenvalue weighted by atomic mass is 10.1. The Kier molecular flexibility index (Phi) is 6.22. The maximum absolute atomic E-state index is 13.1. The first kappa shape index (κ1) is 19.6. The van der Waals surface area contributed by atoms with E-state index < -0.39 is 0 Å². The molecule has 1 N–H and O–H groups in total. The van der Waals surface area contributed by atoms with E-state index in [1.165, 1.54) is 38.5 Å². The number of pyridine rings is 1. The zero-order valence-corrected chi connectivity index (χ0v) is 17.2. The van der Waals surface area contributed by atoms with Crippen LogP contribution < -0.4 is 10.2 Å². The number of hydrogen-bond donors (Lipinski definition) is 1. The van der Waals surface area contributed by atoms with Gasteiger partial charge in [-0.25, -0.2) is 15.0 Å². The monoisotopic (exact) mass is 394 g/mol. The quantitative estimate of drug-likeness (QED) is 0.802. The molecule has 1 aliphatic carbocycles. The molecule has 0 atom stereocenters. The van der Waals surface area contributed by atoms with E-state index in [0.717, 1.165) is 24.7 Å². The number of nitrogens with zero attached hydrogens (tertiary/aromatic N) is 5. The molecule has 0 spiro atoms. The summed E-state index contributed by atoms with van der Waals surface area (Å²) in [5, 5.41) is 3.55. The van der Waals surface area contributed by atoms with Crippen LogP contribution in [0.2, 0.25) is 0 Å². The Labute approximate surface area is 172 Å². The normalized spacial score (nSPS) is 18.4. The van der Waals surface area contributed by atoms with E-state index in [-0.39, 0.29) is 5.91 Å². The first-order valence-electron chi connectivity index (χ1n) is 10.8. The zero-order valence-electron chi connectivity index (χ0n) is 17.2. The van der Waals surface area contributed by atoms with E-state index in [2.05, 4.69) is 25.2 Å². The van der Waals surface area contributed by atoms with Crippen molar-refractivity contribution in [3.05, 3.63) is 42.0 Å². The number of piperazine rings is 1. The molecule has 7 nitrogen and oxygen atoms in total. The molecule has 0 bridgehead atoms. The predicted molar refractivity (Wildman–Crippen MR) is 114 cm³/mol. The molecule has 2 aliphatic rings. The molecule has 0 aromatic carbocycles. The third kappa shape index (κ3) is 5.02. The summed E-state index contributed by atoms with van der Waals surface area (Å²) in [4.78, 5) is 30.5. The first-order chi connectivity index (χ1) is 14.2. The average Bonchev–Trinajstić information content (AvgIpc) is 3.02. The summed E-state index contributed by atoms with van der Waals surface area (Å²) < 4.78 is 0. The van der Waals surface area contributed by atoms with E-state index in [0.29, 0.717) is 30.6 Å². The largest absolute Gasteiger partial charge is 0.367 e. The minimum absolute atomic E-state index is 0.0138. The maximum atomic E-state index is 13.1. The minimum atomic E-state index is -0.0138. The third-order valence-corrected chi connectivity index (χ3v) is 5.80. The highest BCUT2D eigenvalue weighted by molar-refractivity contribution is 5.93. The van der Waals surface area contributed by atoms with E-state index in [4.69, 9.17) is 0 Å². The van der Waals surface area contributed by atoms with Crippen LogP contribution in [0.15, 0.2) is 30.5 Å². The molecular weight excluding hydrogens is 364 g/mol. The van der Waals surface area contributed by atoms with Crippen LogP contribution in [-0.4, -0.2) is 58.0 Å². The van der Waals surface area contributed by atoms with E-state index in [1.54, 1.807) is 6.20 Å². The van der Waals surface area contributed by atoms with Gasteiger partial charge in [0, 0.05) is 44.5 Å². The zero-order chi connectivity index (χ0) is 20.1. The number of amides is 1. The van der Waals surface area contributed by atoms with Gasteiger partial charge in [0.2, 0.25) is 0 Å². The summed E-state index contributed by atoms with van der Waals surface area (Å²) in [6.07, 6.45) is 9.29. The molecule has 0 unspecified atom stereocenters. The number of carbonyl (C=O) groups is 1. The summed E-state index contributed by atoms with van der Waals surface area (Å²) in [5.41, 5.74) is 0.486. The molecule has 3 heterocycles. The lowest BCUT2D eigenvalue weighted by molar-refractivity contribution is 0.0740. The number of aryl methyl sites for hydroxylation is 1. The van der Waals surface area contributed by atoms with Gasteiger partial charge in [-0.2, -0.15) is 0 Å². The van der Waals surface area contributed by atoms with Gasteiger partial charge in [0.15, 0.2) is 0 Å². The van der Waals surface area contributed by atoms with Crippen molar-refractivity contribution in [2.75, 3.05) is 36.4 Å². The van der Waals surface area contributed by atoms with Gasteiger partial charge >= 0.3 is 0 Å². The molecule has 1 amide bonds. The molecule has 2 aromatic heterocycles. The fraction of sp³-hybridized carbons (Fsp3) is 0.545. The van der Waals surface area contributed by atoms with Gasteiger partial charge in [0.25, 0.3) is 5.91 Å². The van der Waals surface area contributed by atoms with Crippen LogP contribution in [0.4, 0.5) is 11.6 Å². The highest BCUT2D eigenvalue weighted by Crippen LogP contribution is 2.21. The van der Waals surface area contributed by atoms with Gasteiger partial charge in [-0.05, 0) is 31.9 Å². The summed E-state index contributed by atoms with van der Waals surface area (Å²) >= 11 is 0. The molecule has 1 saturated heterocycles. The summed E-state index contributed by atoms with van der Waals surface area (Å²) in [5.74, 6) is 2.37. The fourth-order valence-electron chi connectivity index (χ4n) is 4.23. The van der Waals surface area contributed by atoms with Crippen molar-refractivity contribution in [1.82, 2.24) is 19.9 Å². The van der Waals surface area contributed by atoms with Gasteiger partial charge in [-0.3, -0.25) is 4.79 Å². The predicted octanol–water partition coefficient (Wildman–Crippen LogP) is 3.28. The van der Waals surface area contributed by atoms with Gasteiger partial charge in [-0.1, -0.05) is 31.7 Å². The Morgan fingerprint density at radius 3 is 2.48 bits per heavy atom. The molecule has 1 saturated carbocycles. The molecule has 29 heavy (non-hydrogen) atoms. The van der Waals surface area contributed by atoms with Gasteiger partial charge in [-0.15, -0.1) is 0 Å². The van der Waals surface area contributed by atoms with Gasteiger partial charge in [0.1, 0.15) is 23.2 Å². The number of carbonyl (C=O) groups excluding carboxylic acids is 1. The summed E-state index contributed by atoms with van der Waals surface area (Å²) in [6.45, 7) is 4.75. The topological polar surface area (TPSA) is 74.2 Å². The Bertz CT molecular complexity index is 811. The molecule has 0 radical (unpaired) electrons. The van der Waals surface area contributed by atoms with Crippen LogP contribution in [-0.2, 0) is 0 Å². The van der Waals surface area contributed by atoms with Crippen LogP contribution in [0.25, 0.3) is 0 Å². The maximum Gasteiger partial charge on any atom is 0.272 e. The van der Waals surface area contributed by atoms with Crippen LogP contribution in [0.3, 0.4) is 0 Å². The van der Waals surface area contributed by atoms with Crippen molar-refractivity contribution in [3.63, 3.8) is 0 Å². The average molecular weight is 395 g/mol. The Hall–Kier alpha value is -2.70. The number of hydrogen-bond acceptors (Lipinski definition) is 6. The smallest absolute Gasteiger partial charge is 0.272 e. The highest BCUT2D eigenvalue weighted by atomic mass is 16.2. The van der Waals surface area contributed by atoms with Crippen LogP contribution in [0, 0.1) is 6.92 Å². The summed E-state index contributed by atoms with van der Waals surface area (Å²) in [6, 6.07) is 8.19. The molecule has 154 valence electrons. The lowest BCUT2D eigenvalue weighted by Crippen LogP contribution is -2.49.